The van der Waals surface area contributed by atoms with Crippen molar-refractivity contribution in [3.8, 4) is 0 Å². The van der Waals surface area contributed by atoms with E-state index in [1.54, 1.807) is 0 Å². The van der Waals surface area contributed by atoms with Gasteiger partial charge in [-0.1, -0.05) is 37.3 Å². The van der Waals surface area contributed by atoms with Crippen LogP contribution in [0.4, 0.5) is 4.79 Å². The van der Waals surface area contributed by atoms with E-state index in [1.807, 2.05) is 11.0 Å². The van der Waals surface area contributed by atoms with Crippen LogP contribution in [0.2, 0.25) is 0 Å². The fourth-order valence-corrected chi connectivity index (χ4v) is 3.26. The molecule has 1 atom stereocenters. The van der Waals surface area contributed by atoms with Gasteiger partial charge in [0.2, 0.25) is 0 Å². The van der Waals surface area contributed by atoms with E-state index in [0.29, 0.717) is 0 Å². The van der Waals surface area contributed by atoms with E-state index in [4.69, 9.17) is 0 Å². The first-order chi connectivity index (χ1) is 11.6. The van der Waals surface area contributed by atoms with Crippen LogP contribution < -0.4 is 5.32 Å². The van der Waals surface area contributed by atoms with Crippen molar-refractivity contribution in [3.63, 3.8) is 0 Å². The summed E-state index contributed by atoms with van der Waals surface area (Å²) >= 11 is 0. The molecule has 2 amide bonds. The predicted octanol–water partition coefficient (Wildman–Crippen LogP) is 1.90. The molecule has 1 unspecified atom stereocenters. The lowest BCUT2D eigenvalue weighted by Crippen LogP contribution is -2.50. The zero-order valence-corrected chi connectivity index (χ0v) is 15.4. The molecule has 1 aliphatic rings. The monoisotopic (exact) mass is 332 g/mol. The maximum absolute atomic E-state index is 12.7. The molecule has 24 heavy (non-hydrogen) atoms. The molecule has 1 heterocycles. The smallest absolute Gasteiger partial charge is 0.317 e. The van der Waals surface area contributed by atoms with E-state index in [1.165, 1.54) is 5.56 Å². The second kappa shape index (κ2) is 9.64. The quantitative estimate of drug-likeness (QED) is 0.865. The van der Waals surface area contributed by atoms with Crippen molar-refractivity contribution in [1.29, 1.82) is 0 Å². The lowest BCUT2D eigenvalue weighted by molar-refractivity contribution is 0.191. The molecule has 1 fully saturated rings. The van der Waals surface area contributed by atoms with Gasteiger partial charge in [-0.2, -0.15) is 0 Å². The highest BCUT2D eigenvalue weighted by atomic mass is 16.2. The standard InChI is InChI=1S/C19H32N4O/c1-4-22-11-8-12-23(14-13-22)19(24)20-18(16-21(2)3)15-17-9-6-5-7-10-17/h5-7,9-10,18H,4,8,11-16H2,1-3H3,(H,20,24). The van der Waals surface area contributed by atoms with Crippen molar-refractivity contribution < 1.29 is 4.79 Å². The van der Waals surface area contributed by atoms with Crippen molar-refractivity contribution in [2.45, 2.75) is 25.8 Å². The molecule has 0 aliphatic carbocycles. The molecule has 0 spiro atoms. The summed E-state index contributed by atoms with van der Waals surface area (Å²) in [6, 6.07) is 10.6. The Morgan fingerprint density at radius 3 is 2.58 bits per heavy atom. The minimum absolute atomic E-state index is 0.0794. The number of nitrogens with one attached hydrogen (secondary N) is 1. The van der Waals surface area contributed by atoms with E-state index < -0.39 is 0 Å². The molecule has 1 aliphatic heterocycles. The Labute approximate surface area is 146 Å². The van der Waals surface area contributed by atoms with Crippen molar-refractivity contribution >= 4 is 6.03 Å². The molecule has 0 saturated carbocycles. The summed E-state index contributed by atoms with van der Waals surface area (Å²) in [5, 5.41) is 3.25. The number of hydrogen-bond donors (Lipinski definition) is 1. The van der Waals surface area contributed by atoms with Crippen LogP contribution in [-0.4, -0.2) is 80.1 Å². The Kier molecular flexibility index (Phi) is 7.53. The first-order valence-electron chi connectivity index (χ1n) is 9.05. The second-order valence-corrected chi connectivity index (χ2v) is 6.87. The Balaban J connectivity index is 1.93. The molecule has 1 aromatic rings. The van der Waals surface area contributed by atoms with Gasteiger partial charge in [0.05, 0.1) is 0 Å². The van der Waals surface area contributed by atoms with Gasteiger partial charge >= 0.3 is 6.03 Å². The van der Waals surface area contributed by atoms with Crippen LogP contribution in [0.15, 0.2) is 30.3 Å². The molecule has 2 rings (SSSR count). The number of likely N-dealkylation sites (N-methyl/N-ethyl adjacent to an activating group) is 2. The van der Waals surface area contributed by atoms with Gasteiger partial charge in [0, 0.05) is 32.2 Å². The van der Waals surface area contributed by atoms with Crippen LogP contribution in [0.5, 0.6) is 0 Å². The van der Waals surface area contributed by atoms with Crippen LogP contribution in [0.1, 0.15) is 18.9 Å². The third kappa shape index (κ3) is 6.13. The van der Waals surface area contributed by atoms with Crippen molar-refractivity contribution in [2.75, 3.05) is 53.4 Å². The lowest BCUT2D eigenvalue weighted by Gasteiger charge is -2.27. The van der Waals surface area contributed by atoms with Gasteiger partial charge in [-0.25, -0.2) is 4.79 Å². The van der Waals surface area contributed by atoms with Gasteiger partial charge in [0.25, 0.3) is 0 Å². The predicted molar refractivity (Wildman–Crippen MR) is 99.3 cm³/mol. The molecule has 1 saturated heterocycles. The summed E-state index contributed by atoms with van der Waals surface area (Å²) in [7, 11) is 4.10. The Bertz CT molecular complexity index is 491. The summed E-state index contributed by atoms with van der Waals surface area (Å²) < 4.78 is 0. The topological polar surface area (TPSA) is 38.8 Å². The highest BCUT2D eigenvalue weighted by molar-refractivity contribution is 5.74. The molecule has 0 radical (unpaired) electrons. The Morgan fingerprint density at radius 1 is 1.17 bits per heavy atom. The van der Waals surface area contributed by atoms with E-state index in [-0.39, 0.29) is 12.1 Å². The highest BCUT2D eigenvalue weighted by Gasteiger charge is 2.21. The van der Waals surface area contributed by atoms with Gasteiger partial charge < -0.3 is 20.0 Å². The molecule has 1 aromatic carbocycles. The summed E-state index contributed by atoms with van der Waals surface area (Å²) in [6.07, 6.45) is 1.91. The number of carbonyl (C=O) groups excluding carboxylic acids is 1. The minimum Gasteiger partial charge on any atom is -0.334 e. The van der Waals surface area contributed by atoms with Crippen molar-refractivity contribution in [2.24, 2.45) is 0 Å². The summed E-state index contributed by atoms with van der Waals surface area (Å²) in [5.41, 5.74) is 1.26. The zero-order valence-electron chi connectivity index (χ0n) is 15.4. The number of hydrogen-bond acceptors (Lipinski definition) is 3. The first-order valence-corrected chi connectivity index (χ1v) is 9.05. The van der Waals surface area contributed by atoms with Crippen LogP contribution in [0, 0.1) is 0 Å². The molecule has 1 N–H and O–H groups in total. The second-order valence-electron chi connectivity index (χ2n) is 6.87. The third-order valence-electron chi connectivity index (χ3n) is 4.56. The molecular formula is C19H32N4O. The summed E-state index contributed by atoms with van der Waals surface area (Å²) in [6.45, 7) is 7.82. The van der Waals surface area contributed by atoms with Gasteiger partial charge in [0.1, 0.15) is 0 Å². The van der Waals surface area contributed by atoms with Crippen LogP contribution in [0.3, 0.4) is 0 Å². The van der Waals surface area contributed by atoms with Crippen LogP contribution in [0.25, 0.3) is 0 Å². The molecule has 0 bridgehead atoms. The van der Waals surface area contributed by atoms with E-state index in [9.17, 15) is 4.79 Å². The molecule has 134 valence electrons. The lowest BCUT2D eigenvalue weighted by atomic mass is 10.1. The average molecular weight is 332 g/mol. The van der Waals surface area contributed by atoms with Gasteiger partial charge in [-0.3, -0.25) is 0 Å². The Hall–Kier alpha value is -1.59. The van der Waals surface area contributed by atoms with Crippen LogP contribution in [-0.2, 0) is 6.42 Å². The van der Waals surface area contributed by atoms with Crippen LogP contribution >= 0.6 is 0 Å². The van der Waals surface area contributed by atoms with Crippen molar-refractivity contribution in [1.82, 2.24) is 20.0 Å². The van der Waals surface area contributed by atoms with Gasteiger partial charge in [-0.15, -0.1) is 0 Å². The molecule has 0 aromatic heterocycles. The highest BCUT2D eigenvalue weighted by Crippen LogP contribution is 2.07. The minimum atomic E-state index is 0.0794. The molecule has 5 heteroatoms. The van der Waals surface area contributed by atoms with Crippen molar-refractivity contribution in [3.05, 3.63) is 35.9 Å². The third-order valence-corrected chi connectivity index (χ3v) is 4.56. The fourth-order valence-electron chi connectivity index (χ4n) is 3.26. The molecule has 5 nitrogen and oxygen atoms in total. The maximum Gasteiger partial charge on any atom is 0.317 e. The molecular weight excluding hydrogens is 300 g/mol. The largest absolute Gasteiger partial charge is 0.334 e. The van der Waals surface area contributed by atoms with E-state index in [0.717, 1.165) is 52.1 Å². The number of nitrogens with zero attached hydrogens (tertiary/aromatic N) is 3. The fraction of sp³-hybridized carbons (Fsp3) is 0.632. The number of benzene rings is 1. The SMILES string of the molecule is CCN1CCCN(C(=O)NC(Cc2ccccc2)CN(C)C)CC1. The van der Waals surface area contributed by atoms with E-state index >= 15 is 0 Å². The Morgan fingerprint density at radius 2 is 1.92 bits per heavy atom. The van der Waals surface area contributed by atoms with Gasteiger partial charge in [0.15, 0.2) is 0 Å². The summed E-state index contributed by atoms with van der Waals surface area (Å²) in [5.74, 6) is 0. The number of rotatable bonds is 6. The number of carbonyl (C=O) groups is 1. The zero-order chi connectivity index (χ0) is 17.4. The normalized spacial score (nSPS) is 17.6. The summed E-state index contributed by atoms with van der Waals surface area (Å²) in [4.78, 5) is 19.2. The first kappa shape index (κ1) is 18.7. The number of amides is 2. The average Bonchev–Trinajstić information content (AvgIpc) is 2.80. The van der Waals surface area contributed by atoms with E-state index in [2.05, 4.69) is 60.4 Å². The van der Waals surface area contributed by atoms with Gasteiger partial charge in [-0.05, 0) is 45.6 Å². The number of urea groups is 1. The maximum atomic E-state index is 12.7.